The van der Waals surface area contributed by atoms with Gasteiger partial charge in [-0.1, -0.05) is 0 Å². The van der Waals surface area contributed by atoms with Crippen LogP contribution in [0.5, 0.6) is 0 Å². The van der Waals surface area contributed by atoms with Crippen molar-refractivity contribution in [3.63, 3.8) is 0 Å². The van der Waals surface area contributed by atoms with Gasteiger partial charge in [-0.15, -0.1) is 10.2 Å². The topological polar surface area (TPSA) is 77.6 Å². The van der Waals surface area contributed by atoms with Crippen LogP contribution in [0.15, 0.2) is 12.5 Å². The van der Waals surface area contributed by atoms with Crippen molar-refractivity contribution in [2.45, 2.75) is 32.2 Å². The second-order valence-corrected chi connectivity index (χ2v) is 5.07. The van der Waals surface area contributed by atoms with Crippen LogP contribution in [0.2, 0.25) is 0 Å². The van der Waals surface area contributed by atoms with Gasteiger partial charge < -0.3 is 14.5 Å². The van der Waals surface area contributed by atoms with Crippen molar-refractivity contribution in [2.24, 2.45) is 7.05 Å². The summed E-state index contributed by atoms with van der Waals surface area (Å²) in [7, 11) is 1.84. The molecule has 3 heterocycles. The van der Waals surface area contributed by atoms with Gasteiger partial charge in [0.15, 0.2) is 0 Å². The first-order chi connectivity index (χ1) is 9.74. The molecule has 3 rings (SSSR count). The highest BCUT2D eigenvalue weighted by Gasteiger charge is 2.15. The summed E-state index contributed by atoms with van der Waals surface area (Å²) >= 11 is 0. The highest BCUT2D eigenvalue weighted by atomic mass is 16.1. The van der Waals surface area contributed by atoms with Crippen LogP contribution in [0, 0.1) is 0 Å². The van der Waals surface area contributed by atoms with Gasteiger partial charge in [-0.3, -0.25) is 4.79 Å². The molecule has 1 amide bonds. The predicted molar refractivity (Wildman–Crippen MR) is 72.2 cm³/mol. The van der Waals surface area contributed by atoms with Gasteiger partial charge >= 0.3 is 0 Å². The number of nitrogens with zero attached hydrogens (tertiary/aromatic N) is 5. The third-order valence-corrected chi connectivity index (χ3v) is 3.51. The minimum Gasteiger partial charge on any atom is -0.350 e. The zero-order valence-electron chi connectivity index (χ0n) is 11.5. The fourth-order valence-corrected chi connectivity index (χ4v) is 2.46. The molecule has 1 aliphatic heterocycles. The number of hydrogen-bond donors (Lipinski definition) is 1. The Morgan fingerprint density at radius 1 is 1.40 bits per heavy atom. The van der Waals surface area contributed by atoms with E-state index in [-0.39, 0.29) is 5.91 Å². The summed E-state index contributed by atoms with van der Waals surface area (Å²) in [6.07, 6.45) is 7.39. The van der Waals surface area contributed by atoms with E-state index in [9.17, 15) is 4.79 Å². The van der Waals surface area contributed by atoms with E-state index in [1.54, 1.807) is 17.1 Å². The summed E-state index contributed by atoms with van der Waals surface area (Å²) in [5.74, 6) is 1.88. The van der Waals surface area contributed by atoms with Crippen LogP contribution in [0.4, 0.5) is 0 Å². The van der Waals surface area contributed by atoms with Gasteiger partial charge in [0.05, 0.1) is 6.33 Å². The van der Waals surface area contributed by atoms with E-state index in [2.05, 4.69) is 25.1 Å². The molecule has 106 valence electrons. The maximum atomic E-state index is 11.8. The SMILES string of the molecule is Cn1cnc(C(=O)NCCc2nnc3n2CCCC3)c1. The molecule has 0 saturated carbocycles. The molecule has 7 heteroatoms. The van der Waals surface area contributed by atoms with Gasteiger partial charge in [-0.25, -0.2) is 4.98 Å². The van der Waals surface area contributed by atoms with Gasteiger partial charge in [0.1, 0.15) is 17.3 Å². The lowest BCUT2D eigenvalue weighted by atomic mass is 10.1. The average Bonchev–Trinajstić information content (AvgIpc) is 3.06. The normalized spacial score (nSPS) is 14.1. The Bertz CT molecular complexity index is 614. The number of aromatic nitrogens is 5. The quantitative estimate of drug-likeness (QED) is 0.871. The van der Waals surface area contributed by atoms with Crippen molar-refractivity contribution in [1.82, 2.24) is 29.6 Å². The highest BCUT2D eigenvalue weighted by Crippen LogP contribution is 2.14. The average molecular weight is 274 g/mol. The van der Waals surface area contributed by atoms with Crippen molar-refractivity contribution in [2.75, 3.05) is 6.54 Å². The number of fused-ring (bicyclic) bond motifs is 1. The summed E-state index contributed by atoms with van der Waals surface area (Å²) in [5.41, 5.74) is 0.441. The lowest BCUT2D eigenvalue weighted by Crippen LogP contribution is -2.27. The molecule has 0 unspecified atom stereocenters. The minimum absolute atomic E-state index is 0.149. The molecule has 0 aromatic carbocycles. The van der Waals surface area contributed by atoms with Gasteiger partial charge in [0.2, 0.25) is 0 Å². The molecule has 1 aliphatic rings. The van der Waals surface area contributed by atoms with Crippen molar-refractivity contribution in [1.29, 1.82) is 0 Å². The Morgan fingerprint density at radius 3 is 3.10 bits per heavy atom. The number of carbonyl (C=O) groups is 1. The van der Waals surface area contributed by atoms with Gasteiger partial charge in [0, 0.05) is 39.2 Å². The number of amides is 1. The summed E-state index contributed by atoms with van der Waals surface area (Å²) in [6.45, 7) is 1.54. The van der Waals surface area contributed by atoms with Crippen molar-refractivity contribution in [3.8, 4) is 0 Å². The number of aryl methyl sites for hydroxylation is 2. The molecule has 2 aromatic heterocycles. The Morgan fingerprint density at radius 2 is 2.30 bits per heavy atom. The van der Waals surface area contributed by atoms with E-state index in [1.165, 1.54) is 12.8 Å². The fourth-order valence-electron chi connectivity index (χ4n) is 2.46. The molecule has 20 heavy (non-hydrogen) atoms. The summed E-state index contributed by atoms with van der Waals surface area (Å²) in [4.78, 5) is 15.9. The first-order valence-electron chi connectivity index (χ1n) is 6.91. The highest BCUT2D eigenvalue weighted by molar-refractivity contribution is 5.91. The smallest absolute Gasteiger partial charge is 0.271 e. The Kier molecular flexibility index (Phi) is 3.49. The molecule has 0 radical (unpaired) electrons. The molecule has 2 aromatic rings. The number of rotatable bonds is 4. The number of hydrogen-bond acceptors (Lipinski definition) is 4. The molecule has 7 nitrogen and oxygen atoms in total. The standard InChI is InChI=1S/C13H18N6O/c1-18-8-10(15-9-18)13(20)14-6-5-12-17-16-11-4-2-3-7-19(11)12/h8-9H,2-7H2,1H3,(H,14,20). The maximum absolute atomic E-state index is 11.8. The fraction of sp³-hybridized carbons (Fsp3) is 0.538. The Balaban J connectivity index is 1.55. The molecule has 0 bridgehead atoms. The van der Waals surface area contributed by atoms with E-state index >= 15 is 0 Å². The molecular formula is C13H18N6O. The summed E-state index contributed by atoms with van der Waals surface area (Å²) in [6, 6.07) is 0. The predicted octanol–water partition coefficient (Wildman–Crippen LogP) is 0.320. The second-order valence-electron chi connectivity index (χ2n) is 5.07. The van der Waals surface area contributed by atoms with Gasteiger partial charge in [-0.05, 0) is 12.8 Å². The molecule has 0 atom stereocenters. The van der Waals surface area contributed by atoms with Crippen LogP contribution in [-0.4, -0.2) is 36.8 Å². The number of nitrogens with one attached hydrogen (secondary N) is 1. The third-order valence-electron chi connectivity index (χ3n) is 3.51. The molecule has 0 saturated heterocycles. The Hall–Kier alpha value is -2.18. The van der Waals surface area contributed by atoms with E-state index in [4.69, 9.17) is 0 Å². The zero-order valence-corrected chi connectivity index (χ0v) is 11.5. The molecule has 1 N–H and O–H groups in total. The van der Waals surface area contributed by atoms with Gasteiger partial charge in [-0.2, -0.15) is 0 Å². The lowest BCUT2D eigenvalue weighted by molar-refractivity contribution is 0.0949. The van der Waals surface area contributed by atoms with Crippen LogP contribution < -0.4 is 5.32 Å². The largest absolute Gasteiger partial charge is 0.350 e. The van der Waals surface area contributed by atoms with Crippen molar-refractivity contribution in [3.05, 3.63) is 29.9 Å². The first kappa shape index (κ1) is 12.8. The third kappa shape index (κ3) is 2.56. The molecular weight excluding hydrogens is 256 g/mol. The van der Waals surface area contributed by atoms with E-state index in [0.29, 0.717) is 18.7 Å². The summed E-state index contributed by atoms with van der Waals surface area (Å²) < 4.78 is 3.93. The minimum atomic E-state index is -0.149. The van der Waals surface area contributed by atoms with E-state index in [0.717, 1.165) is 24.6 Å². The van der Waals surface area contributed by atoms with Gasteiger partial charge in [0.25, 0.3) is 5.91 Å². The number of carbonyl (C=O) groups excluding carboxylic acids is 1. The van der Waals surface area contributed by atoms with E-state index in [1.807, 2.05) is 7.05 Å². The van der Waals surface area contributed by atoms with Crippen molar-refractivity contribution >= 4 is 5.91 Å². The summed E-state index contributed by atoms with van der Waals surface area (Å²) in [5, 5.41) is 11.3. The lowest BCUT2D eigenvalue weighted by Gasteiger charge is -2.14. The second kappa shape index (κ2) is 5.44. The van der Waals surface area contributed by atoms with E-state index < -0.39 is 0 Å². The molecule has 0 aliphatic carbocycles. The monoisotopic (exact) mass is 274 g/mol. The van der Waals surface area contributed by atoms with Crippen molar-refractivity contribution < 1.29 is 4.79 Å². The first-order valence-corrected chi connectivity index (χ1v) is 6.91. The number of imidazole rings is 1. The van der Waals surface area contributed by atoms with Crippen LogP contribution in [0.3, 0.4) is 0 Å². The van der Waals surface area contributed by atoms with Crippen LogP contribution in [0.25, 0.3) is 0 Å². The van der Waals surface area contributed by atoms with Crippen LogP contribution >= 0.6 is 0 Å². The molecule has 0 fully saturated rings. The maximum Gasteiger partial charge on any atom is 0.271 e. The van der Waals surface area contributed by atoms with Crippen LogP contribution in [-0.2, 0) is 26.4 Å². The zero-order chi connectivity index (χ0) is 13.9. The molecule has 0 spiro atoms. The Labute approximate surface area is 117 Å². The van der Waals surface area contributed by atoms with Crippen LogP contribution in [0.1, 0.15) is 35.0 Å².